The lowest BCUT2D eigenvalue weighted by Crippen LogP contribution is -2.28. The Kier molecular flexibility index (Phi) is 1.76. The highest BCUT2D eigenvalue weighted by Crippen LogP contribution is 2.22. The van der Waals surface area contributed by atoms with Gasteiger partial charge in [0.05, 0.1) is 6.42 Å². The molecule has 1 nitrogen and oxygen atoms in total. The Morgan fingerprint density at radius 1 is 1.31 bits per heavy atom. The van der Waals surface area contributed by atoms with E-state index in [1.165, 1.54) is 11.3 Å². The van der Waals surface area contributed by atoms with Gasteiger partial charge in [0.25, 0.3) is 0 Å². The van der Waals surface area contributed by atoms with Gasteiger partial charge in [0.15, 0.2) is 18.1 Å². The molecular formula is C12H16N+. The maximum absolute atomic E-state index is 2.31. The van der Waals surface area contributed by atoms with Crippen LogP contribution in [0, 0.1) is 0 Å². The molecule has 0 saturated heterocycles. The molecule has 1 aromatic heterocycles. The second-order valence-electron chi connectivity index (χ2n) is 4.65. The van der Waals surface area contributed by atoms with Crippen molar-refractivity contribution >= 4 is 6.20 Å². The van der Waals surface area contributed by atoms with Gasteiger partial charge in [-0.15, -0.1) is 0 Å². The van der Waals surface area contributed by atoms with Crippen molar-refractivity contribution in [3.63, 3.8) is 0 Å². The molecule has 1 aliphatic heterocycles. The Morgan fingerprint density at radius 3 is 2.77 bits per heavy atom. The van der Waals surface area contributed by atoms with E-state index < -0.39 is 0 Å². The molecule has 0 aliphatic carbocycles. The van der Waals surface area contributed by atoms with Gasteiger partial charge >= 0.3 is 0 Å². The fourth-order valence-corrected chi connectivity index (χ4v) is 1.62. The first kappa shape index (κ1) is 8.49. The summed E-state index contributed by atoms with van der Waals surface area (Å²) in [5.74, 6) is 0. The average Bonchev–Trinajstić information content (AvgIpc) is 2.47. The van der Waals surface area contributed by atoms with E-state index in [1.54, 1.807) is 0 Å². The minimum Gasteiger partial charge on any atom is -0.171 e. The van der Waals surface area contributed by atoms with Crippen LogP contribution in [0.25, 0.3) is 6.20 Å². The topological polar surface area (TPSA) is 3.88 Å². The number of hydrogen-bond donors (Lipinski definition) is 0. The first-order chi connectivity index (χ1) is 6.07. The zero-order valence-corrected chi connectivity index (χ0v) is 8.54. The van der Waals surface area contributed by atoms with Crippen molar-refractivity contribution in [3.05, 3.63) is 35.7 Å². The van der Waals surface area contributed by atoms with Crippen molar-refractivity contribution in [2.45, 2.75) is 32.6 Å². The number of nitrogens with zero attached hydrogens (tertiary/aromatic N) is 1. The van der Waals surface area contributed by atoms with E-state index in [0.717, 1.165) is 6.42 Å². The first-order valence-corrected chi connectivity index (χ1v) is 4.78. The summed E-state index contributed by atoms with van der Waals surface area (Å²) in [5.41, 5.74) is 3.08. The van der Waals surface area contributed by atoms with E-state index in [1.807, 2.05) is 0 Å². The van der Waals surface area contributed by atoms with Crippen LogP contribution in [0.15, 0.2) is 24.4 Å². The Balaban J connectivity index is 2.45. The van der Waals surface area contributed by atoms with E-state index in [9.17, 15) is 0 Å². The lowest BCUT2D eigenvalue weighted by molar-refractivity contribution is -0.571. The summed E-state index contributed by atoms with van der Waals surface area (Å²) in [6, 6.07) is 4.51. The standard InChI is InChI=1S/C12H16N/c1-12(2,3)10-6-8-13-7-4-5-11(13)9-10/h4,6-9H,5H2,1-3H3/q+1. The SMILES string of the molecule is CC(C)(C)c1cc[n+]2c(c1)CC=C2. The normalized spacial score (nSPS) is 14.7. The zero-order valence-electron chi connectivity index (χ0n) is 8.54. The molecule has 1 aromatic rings. The fourth-order valence-electron chi connectivity index (χ4n) is 1.62. The number of hydrogen-bond acceptors (Lipinski definition) is 0. The summed E-state index contributed by atoms with van der Waals surface area (Å²) in [5, 5.41) is 0. The molecule has 0 aromatic carbocycles. The van der Waals surface area contributed by atoms with Crippen LogP contribution in [0.5, 0.6) is 0 Å². The van der Waals surface area contributed by atoms with Crippen molar-refractivity contribution in [2.75, 3.05) is 0 Å². The van der Waals surface area contributed by atoms with Crippen LogP contribution in [0.1, 0.15) is 32.0 Å². The number of fused-ring (bicyclic) bond motifs is 1. The van der Waals surface area contributed by atoms with Gasteiger partial charge in [-0.25, -0.2) is 0 Å². The van der Waals surface area contributed by atoms with Crippen molar-refractivity contribution < 1.29 is 4.57 Å². The quantitative estimate of drug-likeness (QED) is 0.531. The third-order valence-electron chi connectivity index (χ3n) is 2.53. The molecule has 0 saturated carbocycles. The summed E-state index contributed by atoms with van der Waals surface area (Å²) in [6.07, 6.45) is 7.55. The minimum atomic E-state index is 0.262. The van der Waals surface area contributed by atoms with Crippen LogP contribution in [0.3, 0.4) is 0 Å². The Morgan fingerprint density at radius 2 is 2.08 bits per heavy atom. The Bertz CT molecular complexity index is 356. The number of allylic oxidation sites excluding steroid dienone is 1. The monoisotopic (exact) mass is 174 g/mol. The molecule has 2 rings (SSSR count). The van der Waals surface area contributed by atoms with Gasteiger partial charge in [-0.2, -0.15) is 4.57 Å². The summed E-state index contributed by atoms with van der Waals surface area (Å²) in [6.45, 7) is 6.76. The number of pyridine rings is 1. The predicted molar refractivity (Wildman–Crippen MR) is 54.4 cm³/mol. The second-order valence-corrected chi connectivity index (χ2v) is 4.65. The molecule has 0 N–H and O–H groups in total. The minimum absolute atomic E-state index is 0.262. The third-order valence-corrected chi connectivity index (χ3v) is 2.53. The molecule has 2 heterocycles. The van der Waals surface area contributed by atoms with Gasteiger partial charge in [0.2, 0.25) is 0 Å². The molecule has 0 bridgehead atoms. The highest BCUT2D eigenvalue weighted by atomic mass is 14.9. The molecule has 13 heavy (non-hydrogen) atoms. The highest BCUT2D eigenvalue weighted by molar-refractivity contribution is 5.27. The summed E-state index contributed by atoms with van der Waals surface area (Å²) in [7, 11) is 0. The zero-order chi connectivity index (χ0) is 9.47. The molecule has 1 heteroatoms. The predicted octanol–water partition coefficient (Wildman–Crippen LogP) is 2.30. The van der Waals surface area contributed by atoms with Gasteiger partial charge < -0.3 is 0 Å². The van der Waals surface area contributed by atoms with Crippen LogP contribution in [0.2, 0.25) is 0 Å². The van der Waals surface area contributed by atoms with Crippen LogP contribution >= 0.6 is 0 Å². The van der Waals surface area contributed by atoms with E-state index in [0.29, 0.717) is 0 Å². The second kappa shape index (κ2) is 2.69. The van der Waals surface area contributed by atoms with Crippen molar-refractivity contribution in [3.8, 4) is 0 Å². The van der Waals surface area contributed by atoms with Crippen LogP contribution in [-0.4, -0.2) is 0 Å². The van der Waals surface area contributed by atoms with E-state index >= 15 is 0 Å². The van der Waals surface area contributed by atoms with Crippen LogP contribution < -0.4 is 4.57 Å². The fraction of sp³-hybridized carbons (Fsp3) is 0.417. The van der Waals surface area contributed by atoms with E-state index in [2.05, 4.69) is 55.9 Å². The maximum Gasteiger partial charge on any atom is 0.191 e. The molecule has 0 unspecified atom stereocenters. The van der Waals surface area contributed by atoms with Crippen molar-refractivity contribution in [1.29, 1.82) is 0 Å². The molecule has 0 fully saturated rings. The van der Waals surface area contributed by atoms with Crippen molar-refractivity contribution in [2.24, 2.45) is 0 Å². The van der Waals surface area contributed by atoms with Crippen molar-refractivity contribution in [1.82, 2.24) is 0 Å². The largest absolute Gasteiger partial charge is 0.191 e. The number of rotatable bonds is 0. The summed E-state index contributed by atoms with van der Waals surface area (Å²) < 4.78 is 2.19. The van der Waals surface area contributed by atoms with E-state index in [-0.39, 0.29) is 5.41 Å². The van der Waals surface area contributed by atoms with Gasteiger partial charge in [-0.3, -0.25) is 0 Å². The maximum atomic E-state index is 2.31. The molecule has 0 amide bonds. The summed E-state index contributed by atoms with van der Waals surface area (Å²) >= 11 is 0. The first-order valence-electron chi connectivity index (χ1n) is 4.78. The summed E-state index contributed by atoms with van der Waals surface area (Å²) in [4.78, 5) is 0. The molecule has 1 aliphatic rings. The van der Waals surface area contributed by atoms with Gasteiger partial charge in [0.1, 0.15) is 0 Å². The molecule has 68 valence electrons. The molecular weight excluding hydrogens is 158 g/mol. The molecule has 0 atom stereocenters. The average molecular weight is 174 g/mol. The number of aromatic nitrogens is 1. The Labute approximate surface area is 79.7 Å². The lowest BCUT2D eigenvalue weighted by Gasteiger charge is -2.17. The molecule has 0 radical (unpaired) electrons. The third kappa shape index (κ3) is 1.51. The van der Waals surface area contributed by atoms with Gasteiger partial charge in [-0.1, -0.05) is 20.8 Å². The lowest BCUT2D eigenvalue weighted by atomic mass is 9.87. The van der Waals surface area contributed by atoms with Crippen LogP contribution in [0.4, 0.5) is 0 Å². The van der Waals surface area contributed by atoms with Crippen LogP contribution in [-0.2, 0) is 11.8 Å². The van der Waals surface area contributed by atoms with E-state index in [4.69, 9.17) is 0 Å². The van der Waals surface area contributed by atoms with Gasteiger partial charge in [0, 0.05) is 12.1 Å². The highest BCUT2D eigenvalue weighted by Gasteiger charge is 2.19. The van der Waals surface area contributed by atoms with Gasteiger partial charge in [-0.05, 0) is 17.1 Å². The molecule has 0 spiro atoms. The Hall–Kier alpha value is -1.11. The smallest absolute Gasteiger partial charge is 0.171 e.